The van der Waals surface area contributed by atoms with Crippen molar-refractivity contribution in [3.05, 3.63) is 96.9 Å². The summed E-state index contributed by atoms with van der Waals surface area (Å²) in [5, 5.41) is 5.61. The fourth-order valence-corrected chi connectivity index (χ4v) is 5.09. The van der Waals surface area contributed by atoms with E-state index >= 15 is 0 Å². The lowest BCUT2D eigenvalue weighted by Gasteiger charge is -2.09. The molecule has 5 aromatic rings. The highest BCUT2D eigenvalue weighted by Gasteiger charge is 2.20. The van der Waals surface area contributed by atoms with E-state index in [0.29, 0.717) is 24.4 Å². The van der Waals surface area contributed by atoms with Gasteiger partial charge in [0.1, 0.15) is 4.83 Å². The first-order valence-electron chi connectivity index (χ1n) is 9.68. The number of hydrogen-bond acceptors (Lipinski definition) is 4. The van der Waals surface area contributed by atoms with Crippen LogP contribution in [0.15, 0.2) is 63.9 Å². The first-order valence-corrected chi connectivity index (χ1v) is 11.3. The zero-order chi connectivity index (χ0) is 20.8. The fraction of sp³-hybridized carbons (Fsp3) is 0.174. The zero-order valence-corrected chi connectivity index (χ0v) is 19.0. The SMILES string of the molecule is Cc1sc2c(c1C)c1nc(Cc3ccccc3)nn1c(=O)n2Cc1ccc(Br)cc1. The molecule has 0 aliphatic heterocycles. The number of fused-ring (bicyclic) bond motifs is 3. The van der Waals surface area contributed by atoms with Gasteiger partial charge in [-0.05, 0) is 42.7 Å². The monoisotopic (exact) mass is 478 g/mol. The molecule has 0 saturated carbocycles. The van der Waals surface area contributed by atoms with Crippen LogP contribution >= 0.6 is 27.3 Å². The lowest BCUT2D eigenvalue weighted by molar-refractivity contribution is 0.714. The summed E-state index contributed by atoms with van der Waals surface area (Å²) < 4.78 is 4.30. The molecular weight excluding hydrogens is 460 g/mol. The van der Waals surface area contributed by atoms with Crippen LogP contribution in [0, 0.1) is 13.8 Å². The van der Waals surface area contributed by atoms with E-state index in [0.717, 1.165) is 31.4 Å². The first kappa shape index (κ1) is 19.2. The molecule has 0 amide bonds. The Kier molecular flexibility index (Phi) is 4.79. The Bertz CT molecular complexity index is 1430. The summed E-state index contributed by atoms with van der Waals surface area (Å²) in [6, 6.07) is 18.1. The number of thiophene rings is 1. The topological polar surface area (TPSA) is 52.2 Å². The maximum atomic E-state index is 13.4. The summed E-state index contributed by atoms with van der Waals surface area (Å²) in [5.41, 5.74) is 3.83. The van der Waals surface area contributed by atoms with Crippen LogP contribution in [-0.2, 0) is 13.0 Å². The zero-order valence-electron chi connectivity index (χ0n) is 16.6. The highest BCUT2D eigenvalue weighted by molar-refractivity contribution is 9.10. The largest absolute Gasteiger partial charge is 0.352 e. The Morgan fingerprint density at radius 3 is 2.47 bits per heavy atom. The van der Waals surface area contributed by atoms with Gasteiger partial charge in [-0.15, -0.1) is 16.4 Å². The van der Waals surface area contributed by atoms with Crippen LogP contribution in [0.2, 0.25) is 0 Å². The maximum absolute atomic E-state index is 13.4. The molecule has 3 aromatic heterocycles. The molecule has 0 aliphatic rings. The van der Waals surface area contributed by atoms with Crippen molar-refractivity contribution in [2.24, 2.45) is 0 Å². The molecule has 5 nitrogen and oxygen atoms in total. The van der Waals surface area contributed by atoms with Crippen LogP contribution in [0.25, 0.3) is 15.9 Å². The van der Waals surface area contributed by atoms with Crippen LogP contribution < -0.4 is 5.69 Å². The van der Waals surface area contributed by atoms with Crippen LogP contribution in [0.4, 0.5) is 0 Å². The van der Waals surface area contributed by atoms with E-state index in [4.69, 9.17) is 4.98 Å². The van der Waals surface area contributed by atoms with Gasteiger partial charge in [0.2, 0.25) is 0 Å². The predicted octanol–water partition coefficient (Wildman–Crippen LogP) is 5.12. The van der Waals surface area contributed by atoms with Gasteiger partial charge in [0.15, 0.2) is 11.5 Å². The fourth-order valence-electron chi connectivity index (χ4n) is 3.68. The van der Waals surface area contributed by atoms with Crippen LogP contribution in [0.5, 0.6) is 0 Å². The third-order valence-electron chi connectivity index (χ3n) is 5.36. The average molecular weight is 479 g/mol. The summed E-state index contributed by atoms with van der Waals surface area (Å²) in [5.74, 6) is 0.657. The van der Waals surface area contributed by atoms with Crippen molar-refractivity contribution in [3.8, 4) is 0 Å². The van der Waals surface area contributed by atoms with E-state index in [2.05, 4.69) is 34.9 Å². The quantitative estimate of drug-likeness (QED) is 0.360. The summed E-state index contributed by atoms with van der Waals surface area (Å²) in [6.45, 7) is 4.67. The minimum Gasteiger partial charge on any atom is -0.278 e. The molecule has 0 bridgehead atoms. The molecule has 0 spiro atoms. The van der Waals surface area contributed by atoms with Gasteiger partial charge in [0.05, 0.1) is 11.9 Å². The standard InChI is InChI=1S/C23H19BrN4OS/c1-14-15(2)30-22-20(14)21-25-19(12-16-6-4-3-5-7-16)26-28(21)23(29)27(22)13-17-8-10-18(24)11-9-17/h3-11H,12-13H2,1-2H3. The Morgan fingerprint density at radius 2 is 1.73 bits per heavy atom. The van der Waals surface area contributed by atoms with Crippen LogP contribution in [-0.4, -0.2) is 19.2 Å². The number of nitrogens with zero attached hydrogens (tertiary/aromatic N) is 4. The molecule has 30 heavy (non-hydrogen) atoms. The van der Waals surface area contributed by atoms with E-state index in [-0.39, 0.29) is 5.69 Å². The van der Waals surface area contributed by atoms with E-state index in [9.17, 15) is 4.79 Å². The lowest BCUT2D eigenvalue weighted by atomic mass is 10.1. The molecule has 7 heteroatoms. The molecule has 0 unspecified atom stereocenters. The van der Waals surface area contributed by atoms with Gasteiger partial charge in [-0.1, -0.05) is 58.4 Å². The Balaban J connectivity index is 1.71. The Labute approximate surface area is 185 Å². The third-order valence-corrected chi connectivity index (χ3v) is 7.12. The minimum atomic E-state index is -0.159. The third kappa shape index (κ3) is 3.28. The van der Waals surface area contributed by atoms with E-state index in [1.807, 2.05) is 59.2 Å². The number of rotatable bonds is 4. The molecule has 2 aromatic carbocycles. The van der Waals surface area contributed by atoms with Gasteiger partial charge >= 0.3 is 5.69 Å². The average Bonchev–Trinajstić information content (AvgIpc) is 3.28. The second-order valence-electron chi connectivity index (χ2n) is 7.38. The summed E-state index contributed by atoms with van der Waals surface area (Å²) >= 11 is 5.11. The van der Waals surface area contributed by atoms with Gasteiger partial charge in [-0.3, -0.25) is 4.57 Å². The highest BCUT2D eigenvalue weighted by atomic mass is 79.9. The van der Waals surface area contributed by atoms with Crippen molar-refractivity contribution in [3.63, 3.8) is 0 Å². The number of benzene rings is 2. The highest BCUT2D eigenvalue weighted by Crippen LogP contribution is 2.32. The Morgan fingerprint density at radius 1 is 1.00 bits per heavy atom. The first-order chi connectivity index (χ1) is 14.5. The van der Waals surface area contributed by atoms with Gasteiger partial charge in [-0.2, -0.15) is 4.52 Å². The lowest BCUT2D eigenvalue weighted by Crippen LogP contribution is -2.28. The molecular formula is C23H19BrN4OS. The molecule has 0 radical (unpaired) electrons. The Hall–Kier alpha value is -2.77. The molecule has 150 valence electrons. The van der Waals surface area contributed by atoms with Crippen LogP contribution in [0.1, 0.15) is 27.4 Å². The van der Waals surface area contributed by atoms with Gasteiger partial charge in [0.25, 0.3) is 0 Å². The van der Waals surface area contributed by atoms with Crippen molar-refractivity contribution in [2.75, 3.05) is 0 Å². The predicted molar refractivity (Wildman–Crippen MR) is 125 cm³/mol. The second kappa shape index (κ2) is 7.49. The normalized spacial score (nSPS) is 11.6. The van der Waals surface area contributed by atoms with E-state index in [1.54, 1.807) is 11.3 Å². The summed E-state index contributed by atoms with van der Waals surface area (Å²) in [6.07, 6.45) is 0.596. The second-order valence-corrected chi connectivity index (χ2v) is 9.50. The summed E-state index contributed by atoms with van der Waals surface area (Å²) in [7, 11) is 0. The number of aromatic nitrogens is 4. The minimum absolute atomic E-state index is 0.159. The van der Waals surface area contributed by atoms with Crippen molar-refractivity contribution in [1.82, 2.24) is 19.2 Å². The van der Waals surface area contributed by atoms with Crippen molar-refractivity contribution in [1.29, 1.82) is 0 Å². The molecule has 3 heterocycles. The smallest absolute Gasteiger partial charge is 0.278 e. The molecule has 0 aliphatic carbocycles. The number of hydrogen-bond donors (Lipinski definition) is 0. The van der Waals surface area contributed by atoms with E-state index < -0.39 is 0 Å². The molecule has 5 rings (SSSR count). The molecule has 0 N–H and O–H groups in total. The molecule has 0 saturated heterocycles. The summed E-state index contributed by atoms with van der Waals surface area (Å²) in [4.78, 5) is 20.3. The number of halogens is 1. The van der Waals surface area contributed by atoms with Crippen molar-refractivity contribution < 1.29 is 0 Å². The van der Waals surface area contributed by atoms with Crippen molar-refractivity contribution >= 4 is 43.1 Å². The van der Waals surface area contributed by atoms with E-state index in [1.165, 1.54) is 9.39 Å². The van der Waals surface area contributed by atoms with Gasteiger partial charge < -0.3 is 0 Å². The van der Waals surface area contributed by atoms with Gasteiger partial charge in [0, 0.05) is 15.8 Å². The van der Waals surface area contributed by atoms with Crippen molar-refractivity contribution in [2.45, 2.75) is 26.8 Å². The number of aryl methyl sites for hydroxylation is 2. The van der Waals surface area contributed by atoms with Crippen LogP contribution in [0.3, 0.4) is 0 Å². The van der Waals surface area contributed by atoms with Gasteiger partial charge in [-0.25, -0.2) is 9.78 Å². The molecule has 0 atom stereocenters. The molecule has 0 fully saturated rings. The maximum Gasteiger partial charge on any atom is 0.352 e.